The third-order valence-electron chi connectivity index (χ3n) is 3.95. The van der Waals surface area contributed by atoms with Crippen LogP contribution in [0, 0.1) is 0 Å². The van der Waals surface area contributed by atoms with E-state index in [2.05, 4.69) is 16.4 Å². The molecule has 0 radical (unpaired) electrons. The van der Waals surface area contributed by atoms with E-state index in [0.717, 1.165) is 17.7 Å². The molecule has 1 aliphatic heterocycles. The van der Waals surface area contributed by atoms with Gasteiger partial charge in [0, 0.05) is 6.54 Å². The first kappa shape index (κ1) is 20.5. The fourth-order valence-electron chi connectivity index (χ4n) is 2.61. The van der Waals surface area contributed by atoms with Crippen molar-refractivity contribution >= 4 is 29.9 Å². The quantitative estimate of drug-likeness (QED) is 0.399. The number of benzene rings is 2. The Hall–Kier alpha value is -1.81. The molecule has 0 aliphatic carbocycles. The first-order valence-electron chi connectivity index (χ1n) is 7.80. The van der Waals surface area contributed by atoms with Gasteiger partial charge < -0.3 is 15.8 Å². The normalized spacial score (nSPS) is 13.9. The second-order valence-corrected chi connectivity index (χ2v) is 5.85. The van der Waals surface area contributed by atoms with Gasteiger partial charge in [-0.2, -0.15) is 13.2 Å². The zero-order chi connectivity index (χ0) is 17.9. The minimum Gasteiger partial charge on any atom is -0.372 e. The average molecular weight is 477 g/mol. The molecule has 0 saturated heterocycles. The number of aliphatic imine (C=N–C) groups is 1. The molecule has 0 atom stereocenters. The first-order valence-corrected chi connectivity index (χ1v) is 7.80. The molecular formula is C18H19F3IN3O. The zero-order valence-electron chi connectivity index (χ0n) is 13.8. The van der Waals surface area contributed by atoms with Gasteiger partial charge in [0.2, 0.25) is 0 Å². The van der Waals surface area contributed by atoms with E-state index in [1.165, 1.54) is 17.2 Å². The van der Waals surface area contributed by atoms with Gasteiger partial charge in [-0.15, -0.1) is 24.0 Å². The molecule has 0 spiro atoms. The number of hydrogen-bond acceptors (Lipinski definition) is 2. The Morgan fingerprint density at radius 1 is 1.08 bits per heavy atom. The molecule has 0 aromatic heterocycles. The minimum absolute atomic E-state index is 0. The first-order chi connectivity index (χ1) is 11.9. The van der Waals surface area contributed by atoms with Gasteiger partial charge in [0.1, 0.15) is 0 Å². The van der Waals surface area contributed by atoms with Crippen LogP contribution >= 0.6 is 24.0 Å². The maximum absolute atomic E-state index is 12.7. The lowest BCUT2D eigenvalue weighted by Gasteiger charge is -2.09. The van der Waals surface area contributed by atoms with Gasteiger partial charge in [-0.05, 0) is 34.4 Å². The Morgan fingerprint density at radius 3 is 2.62 bits per heavy atom. The van der Waals surface area contributed by atoms with Crippen molar-refractivity contribution in [1.82, 2.24) is 5.32 Å². The third kappa shape index (κ3) is 5.34. The van der Waals surface area contributed by atoms with Crippen molar-refractivity contribution in [2.24, 2.45) is 10.7 Å². The van der Waals surface area contributed by atoms with Gasteiger partial charge in [0.05, 0.1) is 25.3 Å². The Bertz CT molecular complexity index is 793. The predicted octanol–water partition coefficient (Wildman–Crippen LogP) is 3.96. The van der Waals surface area contributed by atoms with Crippen LogP contribution in [-0.2, 0) is 37.2 Å². The average Bonchev–Trinajstić information content (AvgIpc) is 3.05. The van der Waals surface area contributed by atoms with E-state index in [-0.39, 0.29) is 36.5 Å². The molecule has 0 unspecified atom stereocenters. The molecule has 3 rings (SSSR count). The Labute approximate surface area is 166 Å². The van der Waals surface area contributed by atoms with E-state index in [1.807, 2.05) is 12.1 Å². The number of nitrogens with zero attached hydrogens (tertiary/aromatic N) is 1. The highest BCUT2D eigenvalue weighted by atomic mass is 127. The van der Waals surface area contributed by atoms with E-state index in [4.69, 9.17) is 10.5 Å². The molecule has 1 aliphatic rings. The van der Waals surface area contributed by atoms with Crippen LogP contribution in [0.3, 0.4) is 0 Å². The fraction of sp³-hybridized carbons (Fsp3) is 0.278. The zero-order valence-corrected chi connectivity index (χ0v) is 16.2. The summed E-state index contributed by atoms with van der Waals surface area (Å²) in [6.45, 7) is 1.83. The summed E-state index contributed by atoms with van der Waals surface area (Å²) >= 11 is 0. The maximum atomic E-state index is 12.7. The third-order valence-corrected chi connectivity index (χ3v) is 3.95. The molecule has 1 heterocycles. The van der Waals surface area contributed by atoms with E-state index < -0.39 is 11.7 Å². The van der Waals surface area contributed by atoms with Crippen LogP contribution in [0.4, 0.5) is 13.2 Å². The van der Waals surface area contributed by atoms with Crippen LogP contribution in [0.25, 0.3) is 0 Å². The van der Waals surface area contributed by atoms with Gasteiger partial charge in [-0.25, -0.2) is 4.99 Å². The highest BCUT2D eigenvalue weighted by molar-refractivity contribution is 14.0. The molecule has 3 N–H and O–H groups in total. The topological polar surface area (TPSA) is 59.6 Å². The summed E-state index contributed by atoms with van der Waals surface area (Å²) in [6, 6.07) is 11.1. The van der Waals surface area contributed by atoms with E-state index >= 15 is 0 Å². The summed E-state index contributed by atoms with van der Waals surface area (Å²) in [4.78, 5) is 4.10. The molecule has 140 valence electrons. The maximum Gasteiger partial charge on any atom is 0.416 e. The van der Waals surface area contributed by atoms with Gasteiger partial charge in [-0.3, -0.25) is 0 Å². The van der Waals surface area contributed by atoms with Crippen LogP contribution in [-0.4, -0.2) is 5.96 Å². The number of ether oxygens (including phenoxy) is 1. The standard InChI is InChI=1S/C18H18F3N3O.HI/c19-18(20,21)16-3-1-2-12(7-16)8-23-17(22)24-9-13-4-5-14-10-25-11-15(14)6-13;/h1-7H,8-11H2,(H3,22,23,24);1H. The van der Waals surface area contributed by atoms with Crippen molar-refractivity contribution in [1.29, 1.82) is 0 Å². The highest BCUT2D eigenvalue weighted by Crippen LogP contribution is 2.29. The minimum atomic E-state index is -4.36. The molecule has 26 heavy (non-hydrogen) atoms. The predicted molar refractivity (Wildman–Crippen MR) is 104 cm³/mol. The molecule has 2 aromatic rings. The Morgan fingerprint density at radius 2 is 1.85 bits per heavy atom. The number of rotatable bonds is 4. The summed E-state index contributed by atoms with van der Waals surface area (Å²) < 4.78 is 43.4. The van der Waals surface area contributed by atoms with Crippen LogP contribution in [0.15, 0.2) is 47.5 Å². The fourth-order valence-corrected chi connectivity index (χ4v) is 2.61. The van der Waals surface area contributed by atoms with Crippen LogP contribution in [0.2, 0.25) is 0 Å². The molecule has 8 heteroatoms. The number of nitrogens with one attached hydrogen (secondary N) is 1. The van der Waals surface area contributed by atoms with Gasteiger partial charge in [0.15, 0.2) is 5.96 Å². The van der Waals surface area contributed by atoms with Crippen molar-refractivity contribution in [3.8, 4) is 0 Å². The van der Waals surface area contributed by atoms with Crippen molar-refractivity contribution in [3.05, 3.63) is 70.3 Å². The number of fused-ring (bicyclic) bond motifs is 1. The monoisotopic (exact) mass is 477 g/mol. The van der Waals surface area contributed by atoms with Crippen molar-refractivity contribution in [3.63, 3.8) is 0 Å². The molecule has 0 saturated carbocycles. The van der Waals surface area contributed by atoms with Crippen LogP contribution in [0.1, 0.15) is 27.8 Å². The van der Waals surface area contributed by atoms with Gasteiger partial charge in [-0.1, -0.05) is 30.3 Å². The number of nitrogens with two attached hydrogens (primary N) is 1. The summed E-state index contributed by atoms with van der Waals surface area (Å²) in [6.07, 6.45) is -4.36. The summed E-state index contributed by atoms with van der Waals surface area (Å²) in [5, 5.41) is 2.97. The summed E-state index contributed by atoms with van der Waals surface area (Å²) in [7, 11) is 0. The van der Waals surface area contributed by atoms with Crippen LogP contribution in [0.5, 0.6) is 0 Å². The largest absolute Gasteiger partial charge is 0.416 e. The molecule has 2 aromatic carbocycles. The lowest BCUT2D eigenvalue weighted by atomic mass is 10.1. The Kier molecular flexibility index (Phi) is 6.87. The van der Waals surface area contributed by atoms with E-state index in [9.17, 15) is 13.2 Å². The molecule has 0 amide bonds. The SMILES string of the molecule is I.NC(=NCc1cccc(C(F)(F)F)c1)NCc1ccc2c(c1)COC2. The van der Waals surface area contributed by atoms with Crippen molar-refractivity contribution in [2.75, 3.05) is 0 Å². The second-order valence-electron chi connectivity index (χ2n) is 5.85. The smallest absolute Gasteiger partial charge is 0.372 e. The lowest BCUT2D eigenvalue weighted by molar-refractivity contribution is -0.137. The molecule has 4 nitrogen and oxygen atoms in total. The Balaban J connectivity index is 0.00000243. The molecule has 0 fully saturated rings. The summed E-state index contributed by atoms with van der Waals surface area (Å²) in [5.74, 6) is 0.189. The lowest BCUT2D eigenvalue weighted by Crippen LogP contribution is -2.31. The van der Waals surface area contributed by atoms with E-state index in [1.54, 1.807) is 6.07 Å². The van der Waals surface area contributed by atoms with E-state index in [0.29, 0.717) is 25.3 Å². The second kappa shape index (κ2) is 8.72. The van der Waals surface area contributed by atoms with Gasteiger partial charge in [0.25, 0.3) is 0 Å². The molecular weight excluding hydrogens is 458 g/mol. The number of guanidine groups is 1. The van der Waals surface area contributed by atoms with Crippen molar-refractivity contribution in [2.45, 2.75) is 32.5 Å². The number of alkyl halides is 3. The van der Waals surface area contributed by atoms with Gasteiger partial charge >= 0.3 is 6.18 Å². The summed E-state index contributed by atoms with van der Waals surface area (Å²) in [5.41, 5.74) is 8.96. The number of halogens is 4. The highest BCUT2D eigenvalue weighted by Gasteiger charge is 2.30. The molecule has 0 bridgehead atoms. The van der Waals surface area contributed by atoms with Crippen LogP contribution < -0.4 is 11.1 Å². The number of hydrogen-bond donors (Lipinski definition) is 2. The van der Waals surface area contributed by atoms with Crippen molar-refractivity contribution < 1.29 is 17.9 Å².